The number of benzene rings is 2. The molecule has 0 spiro atoms. The molecule has 0 aliphatic heterocycles. The van der Waals surface area contributed by atoms with Gasteiger partial charge in [0.15, 0.2) is 11.6 Å². The highest BCUT2D eigenvalue weighted by Crippen LogP contribution is 2.30. The minimum Gasteiger partial charge on any atom is -0.455 e. The van der Waals surface area contributed by atoms with Gasteiger partial charge in [-0.25, -0.2) is 8.78 Å². The van der Waals surface area contributed by atoms with Crippen LogP contribution in [-0.2, 0) is 0 Å². The van der Waals surface area contributed by atoms with Crippen LogP contribution in [0.15, 0.2) is 36.4 Å². The Morgan fingerprint density at radius 1 is 1.16 bits per heavy atom. The highest BCUT2D eigenvalue weighted by atomic mass is 19.1. The van der Waals surface area contributed by atoms with E-state index >= 15 is 0 Å². The quantitative estimate of drug-likeness (QED) is 0.836. The molecule has 2 aromatic rings. The van der Waals surface area contributed by atoms with Crippen molar-refractivity contribution >= 4 is 11.6 Å². The zero-order valence-electron chi connectivity index (χ0n) is 9.69. The summed E-state index contributed by atoms with van der Waals surface area (Å²) in [7, 11) is 0. The van der Waals surface area contributed by atoms with E-state index in [1.807, 2.05) is 0 Å². The van der Waals surface area contributed by atoms with Gasteiger partial charge in [0.2, 0.25) is 5.91 Å². The van der Waals surface area contributed by atoms with Gasteiger partial charge >= 0.3 is 0 Å². The van der Waals surface area contributed by atoms with Crippen LogP contribution in [0.5, 0.6) is 11.5 Å². The Hall–Kier alpha value is -2.63. The van der Waals surface area contributed by atoms with Crippen LogP contribution >= 0.6 is 0 Å². The number of hydrogen-bond acceptors (Lipinski definition) is 3. The van der Waals surface area contributed by atoms with E-state index in [0.29, 0.717) is 6.07 Å². The van der Waals surface area contributed by atoms with Gasteiger partial charge in [-0.15, -0.1) is 0 Å². The van der Waals surface area contributed by atoms with Crippen molar-refractivity contribution in [2.45, 2.75) is 0 Å². The van der Waals surface area contributed by atoms with Gasteiger partial charge in [-0.1, -0.05) is 6.07 Å². The fourth-order valence-electron chi connectivity index (χ4n) is 1.49. The average Bonchev–Trinajstić information content (AvgIpc) is 2.35. The Bertz CT molecular complexity index is 645. The van der Waals surface area contributed by atoms with Crippen LogP contribution < -0.4 is 16.2 Å². The third-order valence-corrected chi connectivity index (χ3v) is 2.40. The first-order chi connectivity index (χ1) is 8.97. The second-order valence-electron chi connectivity index (χ2n) is 3.79. The first kappa shape index (κ1) is 12.8. The number of anilines is 1. The van der Waals surface area contributed by atoms with Crippen molar-refractivity contribution in [3.63, 3.8) is 0 Å². The lowest BCUT2D eigenvalue weighted by atomic mass is 10.2. The molecule has 19 heavy (non-hydrogen) atoms. The van der Waals surface area contributed by atoms with E-state index in [0.717, 1.165) is 6.07 Å². The van der Waals surface area contributed by atoms with E-state index in [9.17, 15) is 13.6 Å². The van der Waals surface area contributed by atoms with Gasteiger partial charge in [-0.3, -0.25) is 4.79 Å². The maximum absolute atomic E-state index is 13.2. The minimum absolute atomic E-state index is 0.167. The molecular formula is C13H10F2N2O2. The summed E-state index contributed by atoms with van der Waals surface area (Å²) in [6, 6.07) is 7.49. The first-order valence-electron chi connectivity index (χ1n) is 5.29. The van der Waals surface area contributed by atoms with E-state index < -0.39 is 17.5 Å². The molecule has 0 atom stereocenters. The summed E-state index contributed by atoms with van der Waals surface area (Å²) in [5.41, 5.74) is 10.5. The first-order valence-corrected chi connectivity index (χ1v) is 5.29. The molecule has 98 valence electrons. The zero-order chi connectivity index (χ0) is 14.0. The Balaban J connectivity index is 2.36. The molecule has 0 fully saturated rings. The molecule has 4 N–H and O–H groups in total. The number of primary amides is 1. The monoisotopic (exact) mass is 264 g/mol. The summed E-state index contributed by atoms with van der Waals surface area (Å²) in [6.45, 7) is 0. The molecular weight excluding hydrogens is 254 g/mol. The highest BCUT2D eigenvalue weighted by molar-refractivity contribution is 5.93. The number of ether oxygens (including phenoxy) is 1. The van der Waals surface area contributed by atoms with Crippen LogP contribution in [-0.4, -0.2) is 5.91 Å². The molecule has 0 saturated heterocycles. The van der Waals surface area contributed by atoms with Gasteiger partial charge in [0.05, 0.1) is 0 Å². The second kappa shape index (κ2) is 4.93. The summed E-state index contributed by atoms with van der Waals surface area (Å²) in [5.74, 6) is -2.33. The zero-order valence-corrected chi connectivity index (χ0v) is 9.69. The maximum atomic E-state index is 13.2. The van der Waals surface area contributed by atoms with Crippen molar-refractivity contribution in [1.82, 2.24) is 0 Å². The van der Waals surface area contributed by atoms with Gasteiger partial charge in [-0.2, -0.15) is 0 Å². The SMILES string of the molecule is NC(=O)c1cccc(Oc2cc(F)cc(F)c2N)c1. The van der Waals surface area contributed by atoms with Crippen LogP contribution in [0.25, 0.3) is 0 Å². The van der Waals surface area contributed by atoms with E-state index in [1.54, 1.807) is 0 Å². The van der Waals surface area contributed by atoms with E-state index in [-0.39, 0.29) is 22.7 Å². The van der Waals surface area contributed by atoms with Crippen LogP contribution in [0, 0.1) is 11.6 Å². The summed E-state index contributed by atoms with van der Waals surface area (Å²) >= 11 is 0. The fourth-order valence-corrected chi connectivity index (χ4v) is 1.49. The summed E-state index contributed by atoms with van der Waals surface area (Å²) in [6.07, 6.45) is 0. The smallest absolute Gasteiger partial charge is 0.248 e. The fraction of sp³-hybridized carbons (Fsp3) is 0. The third kappa shape index (κ3) is 2.79. The second-order valence-corrected chi connectivity index (χ2v) is 3.79. The number of carbonyl (C=O) groups excluding carboxylic acids is 1. The van der Waals surface area contributed by atoms with Crippen molar-refractivity contribution < 1.29 is 18.3 Å². The van der Waals surface area contributed by atoms with Gasteiger partial charge in [0.25, 0.3) is 0 Å². The van der Waals surface area contributed by atoms with E-state index in [1.165, 1.54) is 24.3 Å². The normalized spacial score (nSPS) is 10.2. The number of nitrogen functional groups attached to an aromatic ring is 1. The molecule has 0 saturated carbocycles. The topological polar surface area (TPSA) is 78.3 Å². The molecule has 1 amide bonds. The van der Waals surface area contributed by atoms with Crippen LogP contribution in [0.4, 0.5) is 14.5 Å². The largest absolute Gasteiger partial charge is 0.455 e. The Kier molecular flexibility index (Phi) is 3.33. The van der Waals surface area contributed by atoms with Crippen molar-refractivity contribution in [3.8, 4) is 11.5 Å². The van der Waals surface area contributed by atoms with E-state index in [2.05, 4.69) is 0 Å². The molecule has 6 heteroatoms. The van der Waals surface area contributed by atoms with Gasteiger partial charge in [0, 0.05) is 17.7 Å². The van der Waals surface area contributed by atoms with Crippen LogP contribution in [0.1, 0.15) is 10.4 Å². The standard InChI is InChI=1S/C13H10F2N2O2/c14-8-5-10(15)12(16)11(6-8)19-9-3-1-2-7(4-9)13(17)18/h1-6H,16H2,(H2,17,18). The lowest BCUT2D eigenvalue weighted by molar-refractivity contribution is 0.1000. The predicted molar refractivity (Wildman–Crippen MR) is 65.8 cm³/mol. The predicted octanol–water partition coefficient (Wildman–Crippen LogP) is 2.44. The van der Waals surface area contributed by atoms with Crippen LogP contribution in [0.2, 0.25) is 0 Å². The number of rotatable bonds is 3. The van der Waals surface area contributed by atoms with Gasteiger partial charge < -0.3 is 16.2 Å². The molecule has 0 aliphatic carbocycles. The van der Waals surface area contributed by atoms with Crippen molar-refractivity contribution in [2.24, 2.45) is 5.73 Å². The number of halogens is 2. The van der Waals surface area contributed by atoms with Crippen molar-refractivity contribution in [2.75, 3.05) is 5.73 Å². The Labute approximate surface area is 107 Å². The molecule has 0 radical (unpaired) electrons. The number of hydrogen-bond donors (Lipinski definition) is 2. The molecule has 4 nitrogen and oxygen atoms in total. The Morgan fingerprint density at radius 3 is 2.58 bits per heavy atom. The molecule has 0 heterocycles. The van der Waals surface area contributed by atoms with Crippen molar-refractivity contribution in [3.05, 3.63) is 53.6 Å². The van der Waals surface area contributed by atoms with E-state index in [4.69, 9.17) is 16.2 Å². The Morgan fingerprint density at radius 2 is 1.89 bits per heavy atom. The molecule has 0 aliphatic rings. The summed E-state index contributed by atoms with van der Waals surface area (Å²) in [4.78, 5) is 11.0. The number of amides is 1. The lowest BCUT2D eigenvalue weighted by Gasteiger charge is -2.09. The number of carbonyl (C=O) groups is 1. The lowest BCUT2D eigenvalue weighted by Crippen LogP contribution is -2.10. The summed E-state index contributed by atoms with van der Waals surface area (Å²) in [5, 5.41) is 0. The molecule has 0 bridgehead atoms. The number of nitrogens with two attached hydrogens (primary N) is 2. The highest BCUT2D eigenvalue weighted by Gasteiger charge is 2.11. The molecule has 2 rings (SSSR count). The van der Waals surface area contributed by atoms with Crippen LogP contribution in [0.3, 0.4) is 0 Å². The van der Waals surface area contributed by atoms with Crippen molar-refractivity contribution in [1.29, 1.82) is 0 Å². The van der Waals surface area contributed by atoms with Gasteiger partial charge in [0.1, 0.15) is 17.3 Å². The molecule has 0 unspecified atom stereocenters. The molecule has 0 aromatic heterocycles. The third-order valence-electron chi connectivity index (χ3n) is 2.40. The average molecular weight is 264 g/mol. The minimum atomic E-state index is -0.916. The maximum Gasteiger partial charge on any atom is 0.248 e. The summed E-state index contributed by atoms with van der Waals surface area (Å²) < 4.78 is 31.5. The molecule has 2 aromatic carbocycles. The van der Waals surface area contributed by atoms with Gasteiger partial charge in [-0.05, 0) is 18.2 Å².